The van der Waals surface area contributed by atoms with E-state index in [9.17, 15) is 9.50 Å². The Kier molecular flexibility index (Phi) is 6.96. The lowest BCUT2D eigenvalue weighted by Crippen LogP contribution is -2.54. The molecule has 2 aromatic heterocycles. The molecule has 4 heterocycles. The van der Waals surface area contributed by atoms with Crippen molar-refractivity contribution in [1.82, 2.24) is 25.1 Å². The maximum Gasteiger partial charge on any atom is 0.317 e. The van der Waals surface area contributed by atoms with Crippen LogP contribution in [0.2, 0.25) is 0 Å². The molecule has 0 amide bonds. The standard InChI is InChI=1S/C28H34FN7O3/c1-16-13-36(14-17(2)31-16)24-5-4-21(26-22(24)12-30-28(33-26)39-20-6-8-38-9-7-20)27(37)32-19-10-18-15-35(3)34-25(18)23(29)11-19/h4-5,10-12,15-17,20,27,31-32,37H,6-9,13-14H2,1-3H3/t16-,17-,27?/m0/s1. The number of hydrogen-bond acceptors (Lipinski definition) is 9. The van der Waals surface area contributed by atoms with Crippen LogP contribution in [0.4, 0.5) is 15.8 Å². The van der Waals surface area contributed by atoms with Gasteiger partial charge >= 0.3 is 6.01 Å². The van der Waals surface area contributed by atoms with Crippen LogP contribution < -0.4 is 20.3 Å². The van der Waals surface area contributed by atoms with Crippen molar-refractivity contribution in [2.75, 3.05) is 36.5 Å². The van der Waals surface area contributed by atoms with Crippen molar-refractivity contribution in [2.45, 2.75) is 51.1 Å². The van der Waals surface area contributed by atoms with Gasteiger partial charge in [-0.25, -0.2) is 9.37 Å². The van der Waals surface area contributed by atoms with Gasteiger partial charge in [-0.3, -0.25) is 4.68 Å². The summed E-state index contributed by atoms with van der Waals surface area (Å²) < 4.78 is 27.8. The highest BCUT2D eigenvalue weighted by Crippen LogP contribution is 2.34. The topological polar surface area (TPSA) is 110 Å². The van der Waals surface area contributed by atoms with Crippen LogP contribution in [0.5, 0.6) is 6.01 Å². The minimum atomic E-state index is -1.15. The normalized spacial score (nSPS) is 21.4. The molecule has 0 radical (unpaired) electrons. The minimum Gasteiger partial charge on any atom is -0.460 e. The van der Waals surface area contributed by atoms with E-state index in [1.807, 2.05) is 12.1 Å². The van der Waals surface area contributed by atoms with Crippen LogP contribution in [0, 0.1) is 5.82 Å². The van der Waals surface area contributed by atoms with Crippen molar-refractivity contribution in [1.29, 1.82) is 0 Å². The van der Waals surface area contributed by atoms with Gasteiger partial charge in [0.1, 0.15) is 11.6 Å². The molecule has 2 fully saturated rings. The van der Waals surface area contributed by atoms with Gasteiger partial charge in [-0.05, 0) is 32.0 Å². The Morgan fingerprint density at radius 3 is 2.69 bits per heavy atom. The summed E-state index contributed by atoms with van der Waals surface area (Å²) in [6, 6.07) is 7.90. The number of aliphatic hydroxyl groups is 1. The number of aryl methyl sites for hydroxylation is 1. The van der Waals surface area contributed by atoms with Gasteiger partial charge in [0.05, 0.1) is 18.7 Å². The Morgan fingerprint density at radius 1 is 1.15 bits per heavy atom. The van der Waals surface area contributed by atoms with E-state index < -0.39 is 12.0 Å². The number of benzene rings is 2. The van der Waals surface area contributed by atoms with Crippen LogP contribution in [0.15, 0.2) is 36.7 Å². The summed E-state index contributed by atoms with van der Waals surface area (Å²) in [4.78, 5) is 11.7. The first-order valence-corrected chi connectivity index (χ1v) is 13.5. The number of aliphatic hydroxyl groups excluding tert-OH is 1. The molecule has 0 spiro atoms. The molecule has 4 aromatic rings. The minimum absolute atomic E-state index is 0.0186. The summed E-state index contributed by atoms with van der Waals surface area (Å²) in [6.45, 7) is 7.30. The Balaban J connectivity index is 1.37. The first-order valence-electron chi connectivity index (χ1n) is 13.5. The maximum absolute atomic E-state index is 14.7. The molecule has 3 atom stereocenters. The third kappa shape index (κ3) is 5.34. The summed E-state index contributed by atoms with van der Waals surface area (Å²) in [6.07, 6.45) is 3.90. The van der Waals surface area contributed by atoms with Gasteiger partial charge in [-0.15, -0.1) is 0 Å². The third-order valence-electron chi connectivity index (χ3n) is 7.35. The fourth-order valence-corrected chi connectivity index (χ4v) is 5.66. The SMILES string of the molecule is C[C@H]1CN(c2ccc(C(O)Nc3cc(F)c4nn(C)cc4c3)c3nc(OC4CCOCC4)ncc23)C[C@H](C)N1. The van der Waals surface area contributed by atoms with Gasteiger partial charge in [-0.1, -0.05) is 6.07 Å². The maximum atomic E-state index is 14.7. The molecule has 2 aromatic carbocycles. The zero-order chi connectivity index (χ0) is 27.1. The van der Waals surface area contributed by atoms with E-state index in [2.05, 4.69) is 39.5 Å². The van der Waals surface area contributed by atoms with E-state index in [1.165, 1.54) is 6.07 Å². The molecule has 2 saturated heterocycles. The van der Waals surface area contributed by atoms with Gasteiger partial charge < -0.3 is 30.1 Å². The van der Waals surface area contributed by atoms with Gasteiger partial charge in [0.15, 0.2) is 12.0 Å². The van der Waals surface area contributed by atoms with Crippen molar-refractivity contribution < 1.29 is 19.0 Å². The number of piperazine rings is 1. The molecule has 39 heavy (non-hydrogen) atoms. The first-order chi connectivity index (χ1) is 18.8. The molecule has 0 saturated carbocycles. The molecular weight excluding hydrogens is 501 g/mol. The summed E-state index contributed by atoms with van der Waals surface area (Å²) in [5.74, 6) is -0.459. The Hall–Kier alpha value is -3.54. The molecule has 1 unspecified atom stereocenters. The summed E-state index contributed by atoms with van der Waals surface area (Å²) >= 11 is 0. The molecule has 0 aliphatic carbocycles. The predicted molar refractivity (Wildman–Crippen MR) is 148 cm³/mol. The highest BCUT2D eigenvalue weighted by atomic mass is 19.1. The van der Waals surface area contributed by atoms with E-state index in [0.29, 0.717) is 47.5 Å². The van der Waals surface area contributed by atoms with Crippen LogP contribution in [0.3, 0.4) is 0 Å². The average molecular weight is 536 g/mol. The number of anilines is 2. The van der Waals surface area contributed by atoms with Crippen LogP contribution in [0.1, 0.15) is 38.5 Å². The van der Waals surface area contributed by atoms with E-state index >= 15 is 0 Å². The van der Waals surface area contributed by atoms with Crippen LogP contribution in [-0.4, -0.2) is 69.3 Å². The Morgan fingerprint density at radius 2 is 1.92 bits per heavy atom. The monoisotopic (exact) mass is 535 g/mol. The molecule has 2 aliphatic heterocycles. The molecule has 2 aliphatic rings. The summed E-state index contributed by atoms with van der Waals surface area (Å²) in [5, 5.41) is 23.6. The second-order valence-electron chi connectivity index (χ2n) is 10.6. The van der Waals surface area contributed by atoms with Gasteiger partial charge in [0, 0.05) is 85.2 Å². The predicted octanol–water partition coefficient (Wildman–Crippen LogP) is 3.50. The first kappa shape index (κ1) is 25.7. The van der Waals surface area contributed by atoms with E-state index in [4.69, 9.17) is 14.5 Å². The number of nitrogens with one attached hydrogen (secondary N) is 2. The van der Waals surface area contributed by atoms with Gasteiger partial charge in [0.2, 0.25) is 0 Å². The lowest BCUT2D eigenvalue weighted by molar-refractivity contribution is 0.0218. The second-order valence-corrected chi connectivity index (χ2v) is 10.6. The summed E-state index contributed by atoms with van der Waals surface area (Å²) in [5.41, 5.74) is 2.87. The quantitative estimate of drug-likeness (QED) is 0.320. The number of hydrogen-bond donors (Lipinski definition) is 3. The lowest BCUT2D eigenvalue weighted by atomic mass is 10.0. The number of halogens is 1. The zero-order valence-electron chi connectivity index (χ0n) is 22.4. The van der Waals surface area contributed by atoms with E-state index in [0.717, 1.165) is 37.0 Å². The number of ether oxygens (including phenoxy) is 2. The largest absolute Gasteiger partial charge is 0.460 e. The highest BCUT2D eigenvalue weighted by molar-refractivity contribution is 5.94. The average Bonchev–Trinajstić information content (AvgIpc) is 3.28. The number of aromatic nitrogens is 4. The molecule has 11 heteroatoms. The van der Waals surface area contributed by atoms with Crippen molar-refractivity contribution in [2.24, 2.45) is 7.05 Å². The van der Waals surface area contributed by atoms with Crippen molar-refractivity contribution in [3.05, 3.63) is 48.0 Å². The zero-order valence-corrected chi connectivity index (χ0v) is 22.4. The fraction of sp³-hybridized carbons (Fsp3) is 0.464. The van der Waals surface area contributed by atoms with Crippen molar-refractivity contribution in [3.8, 4) is 6.01 Å². The number of rotatable bonds is 6. The number of fused-ring (bicyclic) bond motifs is 2. The number of nitrogens with zero attached hydrogens (tertiary/aromatic N) is 5. The Bertz CT molecular complexity index is 1480. The molecule has 3 N–H and O–H groups in total. The highest BCUT2D eigenvalue weighted by Gasteiger charge is 2.25. The molecule has 10 nitrogen and oxygen atoms in total. The second kappa shape index (κ2) is 10.6. The van der Waals surface area contributed by atoms with E-state index in [1.54, 1.807) is 30.2 Å². The molecular formula is C28H34FN7O3. The van der Waals surface area contributed by atoms with E-state index in [-0.39, 0.29) is 17.6 Å². The van der Waals surface area contributed by atoms with Crippen LogP contribution >= 0.6 is 0 Å². The summed E-state index contributed by atoms with van der Waals surface area (Å²) in [7, 11) is 1.74. The molecule has 206 valence electrons. The van der Waals surface area contributed by atoms with Crippen molar-refractivity contribution >= 4 is 33.2 Å². The smallest absolute Gasteiger partial charge is 0.317 e. The van der Waals surface area contributed by atoms with Crippen molar-refractivity contribution in [3.63, 3.8) is 0 Å². The Labute approximate surface area is 226 Å². The van der Waals surface area contributed by atoms with Gasteiger partial charge in [0.25, 0.3) is 0 Å². The fourth-order valence-electron chi connectivity index (χ4n) is 5.66. The lowest BCUT2D eigenvalue weighted by Gasteiger charge is -2.38. The van der Waals surface area contributed by atoms with Crippen LogP contribution in [0.25, 0.3) is 21.8 Å². The van der Waals surface area contributed by atoms with Crippen LogP contribution in [-0.2, 0) is 11.8 Å². The van der Waals surface area contributed by atoms with Gasteiger partial charge in [-0.2, -0.15) is 10.1 Å². The third-order valence-corrected chi connectivity index (χ3v) is 7.35. The molecule has 0 bridgehead atoms. The molecule has 6 rings (SSSR count).